The molecule has 3 atom stereocenters. The molecule has 2 aromatic rings. The summed E-state index contributed by atoms with van der Waals surface area (Å²) in [5.74, 6) is 1.60. The van der Waals surface area contributed by atoms with Gasteiger partial charge in [0.15, 0.2) is 0 Å². The summed E-state index contributed by atoms with van der Waals surface area (Å²) >= 11 is 0. The van der Waals surface area contributed by atoms with Crippen LogP contribution < -0.4 is 22.5 Å². The van der Waals surface area contributed by atoms with Crippen LogP contribution in [0, 0.1) is 23.6 Å². The number of hydrogen-bond donors (Lipinski definition) is 3. The van der Waals surface area contributed by atoms with Gasteiger partial charge in [0.2, 0.25) is 5.91 Å². The van der Waals surface area contributed by atoms with Gasteiger partial charge in [0.1, 0.15) is 11.6 Å². The molecule has 1 aliphatic carbocycles. The number of anilines is 1. The molecule has 11 nitrogen and oxygen atoms in total. The third-order valence-corrected chi connectivity index (χ3v) is 8.57. The molecule has 3 amide bonds. The molecule has 12 heteroatoms. The second-order valence-electron chi connectivity index (χ2n) is 11.9. The number of carbonyl (C=O) groups excluding carboxylic acids is 2. The number of nitrogens with zero attached hydrogens (tertiary/aromatic N) is 5. The van der Waals surface area contributed by atoms with Crippen molar-refractivity contribution in [2.45, 2.75) is 38.8 Å². The molecule has 0 radical (unpaired) electrons. The molecular formula is C28H39FN8O3. The van der Waals surface area contributed by atoms with E-state index in [9.17, 15) is 14.4 Å². The normalized spacial score (nSPS) is 23.6. The van der Waals surface area contributed by atoms with Gasteiger partial charge in [0.05, 0.1) is 11.2 Å². The number of amides is 3. The average Bonchev–Trinajstić information content (AvgIpc) is 3.38. The van der Waals surface area contributed by atoms with Crippen LogP contribution in [0.2, 0.25) is 0 Å². The fraction of sp³-hybridized carbons (Fsp3) is 0.571. The van der Waals surface area contributed by atoms with Gasteiger partial charge in [0, 0.05) is 51.5 Å². The molecule has 0 spiro atoms. The van der Waals surface area contributed by atoms with Crippen LogP contribution in [0.4, 0.5) is 15.0 Å². The summed E-state index contributed by atoms with van der Waals surface area (Å²) in [7, 11) is 0. The van der Waals surface area contributed by atoms with Crippen molar-refractivity contribution in [3.8, 4) is 5.69 Å². The van der Waals surface area contributed by atoms with E-state index in [-0.39, 0.29) is 23.6 Å². The second-order valence-corrected chi connectivity index (χ2v) is 11.9. The first-order valence-corrected chi connectivity index (χ1v) is 13.9. The molecule has 3 aliphatic rings. The minimum atomic E-state index is -0.969. The van der Waals surface area contributed by atoms with Gasteiger partial charge in [-0.05, 0) is 75.3 Å². The van der Waals surface area contributed by atoms with Crippen molar-refractivity contribution in [2.75, 3.05) is 51.1 Å². The number of aromatic nitrogens is 2. The van der Waals surface area contributed by atoms with Gasteiger partial charge in [-0.1, -0.05) is 6.07 Å². The highest BCUT2D eigenvalue weighted by Gasteiger charge is 2.55. The Hall–Kier alpha value is -3.35. The van der Waals surface area contributed by atoms with Crippen LogP contribution in [0.25, 0.3) is 5.69 Å². The molecule has 1 aromatic carbocycles. The Morgan fingerprint density at radius 1 is 1.12 bits per heavy atom. The third-order valence-electron chi connectivity index (χ3n) is 8.57. The number of benzene rings is 1. The molecule has 2 saturated heterocycles. The highest BCUT2D eigenvalue weighted by atomic mass is 19.1. The number of likely N-dealkylation sites (tertiary alicyclic amines) is 1. The fourth-order valence-corrected chi connectivity index (χ4v) is 6.07. The molecule has 3 fully saturated rings. The first-order valence-electron chi connectivity index (χ1n) is 13.9. The smallest absolute Gasteiger partial charge is 0.338 e. The lowest BCUT2D eigenvalue weighted by atomic mass is 10.0. The number of nitrogens with two attached hydrogens (primary N) is 2. The Bertz CT molecular complexity index is 1320. The van der Waals surface area contributed by atoms with Gasteiger partial charge in [-0.2, -0.15) is 4.98 Å². The number of urea groups is 1. The number of halogens is 1. The Balaban J connectivity index is 1.16. The van der Waals surface area contributed by atoms with E-state index in [1.807, 2.05) is 0 Å². The summed E-state index contributed by atoms with van der Waals surface area (Å²) in [4.78, 5) is 47.4. The van der Waals surface area contributed by atoms with E-state index in [1.54, 1.807) is 35.8 Å². The average molecular weight is 555 g/mol. The first-order chi connectivity index (χ1) is 19.0. The van der Waals surface area contributed by atoms with Gasteiger partial charge in [-0.25, -0.2) is 14.0 Å². The van der Waals surface area contributed by atoms with Gasteiger partial charge in [-0.15, -0.1) is 0 Å². The maximum absolute atomic E-state index is 15.1. The maximum atomic E-state index is 15.1. The van der Waals surface area contributed by atoms with E-state index in [0.717, 1.165) is 19.6 Å². The Labute approximate surface area is 233 Å². The number of hydrogen-bond acceptors (Lipinski definition) is 7. The van der Waals surface area contributed by atoms with E-state index in [1.165, 1.54) is 22.9 Å². The number of carbonyl (C=O) groups is 2. The molecule has 3 unspecified atom stereocenters. The molecule has 40 heavy (non-hydrogen) atoms. The number of fused-ring (bicyclic) bond motifs is 1. The van der Waals surface area contributed by atoms with Crippen molar-refractivity contribution in [3.05, 3.63) is 52.3 Å². The lowest BCUT2D eigenvalue weighted by Gasteiger charge is -2.37. The molecule has 5 N–H and O–H groups in total. The lowest BCUT2D eigenvalue weighted by molar-refractivity contribution is -0.137. The summed E-state index contributed by atoms with van der Waals surface area (Å²) in [5, 5.41) is 2.64. The van der Waals surface area contributed by atoms with E-state index in [0.29, 0.717) is 61.6 Å². The van der Waals surface area contributed by atoms with Crippen molar-refractivity contribution >= 4 is 17.8 Å². The van der Waals surface area contributed by atoms with E-state index in [2.05, 4.69) is 22.1 Å². The zero-order valence-electron chi connectivity index (χ0n) is 23.3. The standard InChI is InChI=1S/C28H39FN8O3/c1-17(36-15-21-20(14-30)22(21)16-36)12-18-4-5-19(13-23(18)29)37-7-6-24(33-27(37)40)32-26(39)35-10-8-34(9-11-35)25(38)28(2,3)31/h4-7,13,17,20-22H,8-12,14-16,30-31H2,1-3H3,(H,32,33,39,40). The van der Waals surface area contributed by atoms with E-state index < -0.39 is 17.3 Å². The number of rotatable bonds is 7. The quantitative estimate of drug-likeness (QED) is 0.461. The van der Waals surface area contributed by atoms with Crippen LogP contribution in [-0.2, 0) is 11.2 Å². The Morgan fingerprint density at radius 3 is 2.35 bits per heavy atom. The van der Waals surface area contributed by atoms with Crippen LogP contribution in [0.15, 0.2) is 35.3 Å². The zero-order valence-corrected chi connectivity index (χ0v) is 23.3. The van der Waals surface area contributed by atoms with Gasteiger partial charge < -0.3 is 21.3 Å². The number of piperidine rings is 1. The van der Waals surface area contributed by atoms with Crippen LogP contribution in [0.5, 0.6) is 0 Å². The molecule has 2 aliphatic heterocycles. The minimum Gasteiger partial charge on any atom is -0.338 e. The molecule has 5 rings (SSSR count). The van der Waals surface area contributed by atoms with E-state index in [4.69, 9.17) is 11.5 Å². The Kier molecular flexibility index (Phi) is 7.68. The molecule has 3 heterocycles. The van der Waals surface area contributed by atoms with Crippen molar-refractivity contribution in [2.24, 2.45) is 29.2 Å². The van der Waals surface area contributed by atoms with Crippen LogP contribution in [0.1, 0.15) is 26.3 Å². The van der Waals surface area contributed by atoms with Gasteiger partial charge >= 0.3 is 11.7 Å². The summed E-state index contributed by atoms with van der Waals surface area (Å²) in [6.07, 6.45) is 2.05. The summed E-state index contributed by atoms with van der Waals surface area (Å²) in [6.45, 7) is 9.65. The molecule has 1 saturated carbocycles. The van der Waals surface area contributed by atoms with Crippen LogP contribution in [0.3, 0.4) is 0 Å². The SMILES string of the molecule is CC(Cc1ccc(-n2ccc(NC(=O)N3CCN(C(=O)C(C)(C)N)CC3)nc2=O)cc1F)N1CC2C(CN)C2C1. The largest absolute Gasteiger partial charge is 0.354 e. The topological polar surface area (TPSA) is 143 Å². The number of piperazine rings is 1. The molecular weight excluding hydrogens is 515 g/mol. The van der Waals surface area contributed by atoms with Gasteiger partial charge in [-0.3, -0.25) is 19.6 Å². The lowest BCUT2D eigenvalue weighted by Crippen LogP contribution is -2.58. The van der Waals surface area contributed by atoms with Gasteiger partial charge in [0.25, 0.3) is 0 Å². The third kappa shape index (κ3) is 5.74. The fourth-order valence-electron chi connectivity index (χ4n) is 6.07. The summed E-state index contributed by atoms with van der Waals surface area (Å²) < 4.78 is 16.3. The monoisotopic (exact) mass is 554 g/mol. The maximum Gasteiger partial charge on any atom is 0.354 e. The zero-order chi connectivity index (χ0) is 28.8. The van der Waals surface area contributed by atoms with Crippen LogP contribution >= 0.6 is 0 Å². The second kappa shape index (κ2) is 10.9. The molecule has 1 aromatic heterocycles. The van der Waals surface area contributed by atoms with E-state index >= 15 is 4.39 Å². The highest BCUT2D eigenvalue weighted by Crippen LogP contribution is 2.51. The van der Waals surface area contributed by atoms with Crippen molar-refractivity contribution in [1.29, 1.82) is 0 Å². The summed E-state index contributed by atoms with van der Waals surface area (Å²) in [6, 6.07) is 6.08. The summed E-state index contributed by atoms with van der Waals surface area (Å²) in [5.41, 5.74) is 11.1. The molecule has 0 bridgehead atoms. The minimum absolute atomic E-state index is 0.0966. The number of nitrogens with one attached hydrogen (secondary N) is 1. The van der Waals surface area contributed by atoms with Crippen molar-refractivity contribution in [3.63, 3.8) is 0 Å². The first kappa shape index (κ1) is 28.2. The predicted molar refractivity (Wildman–Crippen MR) is 149 cm³/mol. The van der Waals surface area contributed by atoms with Crippen LogP contribution in [-0.4, -0.2) is 93.6 Å². The predicted octanol–water partition coefficient (Wildman–Crippen LogP) is 0.853. The Morgan fingerprint density at radius 2 is 1.77 bits per heavy atom. The molecule has 216 valence electrons. The van der Waals surface area contributed by atoms with Crippen molar-refractivity contribution in [1.82, 2.24) is 24.3 Å². The highest BCUT2D eigenvalue weighted by molar-refractivity contribution is 5.89. The van der Waals surface area contributed by atoms with Crippen molar-refractivity contribution < 1.29 is 14.0 Å².